The Balaban J connectivity index is 1.64. The molecule has 0 saturated carbocycles. The number of fused-ring (bicyclic) bond motifs is 2. The third kappa shape index (κ3) is 4.03. The normalized spacial score (nSPS) is 14.7. The van der Waals surface area contributed by atoms with E-state index in [0.29, 0.717) is 12.4 Å². The number of anilines is 3. The van der Waals surface area contributed by atoms with Crippen molar-refractivity contribution in [2.45, 2.75) is 38.6 Å². The third-order valence-electron chi connectivity index (χ3n) is 5.47. The predicted molar refractivity (Wildman–Crippen MR) is 120 cm³/mol. The third-order valence-corrected chi connectivity index (χ3v) is 5.47. The van der Waals surface area contributed by atoms with Crippen molar-refractivity contribution in [1.29, 1.82) is 0 Å². The fourth-order valence-electron chi connectivity index (χ4n) is 3.88. The lowest BCUT2D eigenvalue weighted by atomic mass is 9.98. The Hall–Kier alpha value is -3.28. The quantitative estimate of drug-likeness (QED) is 0.347. The number of methoxy groups -OCH3 is 1. The van der Waals surface area contributed by atoms with Crippen LogP contribution in [0.15, 0.2) is 48.7 Å². The number of hydrogen-bond donors (Lipinski definition) is 4. The Morgan fingerprint density at radius 1 is 1.00 bits per heavy atom. The number of aromatic amines is 1. The molecule has 6 heteroatoms. The Kier molecular flexibility index (Phi) is 6.02. The largest absolute Gasteiger partial charge is 0.496 e. The van der Waals surface area contributed by atoms with Crippen molar-refractivity contribution in [2.24, 2.45) is 0 Å². The lowest BCUT2D eigenvalue weighted by Crippen LogP contribution is -2.12. The summed E-state index contributed by atoms with van der Waals surface area (Å²) in [4.78, 5) is 2.92. The predicted octanol–water partition coefficient (Wildman–Crippen LogP) is 5.95. The number of H-pyrrole nitrogens is 1. The molecule has 6 nitrogen and oxygen atoms in total. The van der Waals surface area contributed by atoms with Gasteiger partial charge in [-0.1, -0.05) is 38.3 Å². The number of nitrogens with one attached hydrogen (secondary N) is 3. The summed E-state index contributed by atoms with van der Waals surface area (Å²) in [5.74, 6) is 1.63. The van der Waals surface area contributed by atoms with E-state index in [-0.39, 0.29) is 11.9 Å². The van der Waals surface area contributed by atoms with Crippen LogP contribution in [0.3, 0.4) is 0 Å². The van der Waals surface area contributed by atoms with Gasteiger partial charge in [0.05, 0.1) is 42.4 Å². The summed E-state index contributed by atoms with van der Waals surface area (Å²) in [5, 5.41) is 17.5. The van der Waals surface area contributed by atoms with Gasteiger partial charge < -0.3 is 30.2 Å². The fraction of sp³-hybridized carbons (Fsp3) is 0.333. The average Bonchev–Trinajstić information content (AvgIpc) is 3.03. The van der Waals surface area contributed by atoms with Gasteiger partial charge in [-0.2, -0.15) is 0 Å². The van der Waals surface area contributed by atoms with E-state index in [1.807, 2.05) is 42.5 Å². The topological polar surface area (TPSA) is 78.5 Å². The van der Waals surface area contributed by atoms with Gasteiger partial charge in [0.2, 0.25) is 0 Å². The summed E-state index contributed by atoms with van der Waals surface area (Å²) in [5.41, 5.74) is 4.40. The SMILES string of the molecule is CCCCCCOc1ccc(C2Nc3ccccc3Nc3c[nH]c(O)c32)c(OC)c1. The van der Waals surface area contributed by atoms with E-state index >= 15 is 0 Å². The number of aromatic hydroxyl groups is 1. The molecule has 2 heterocycles. The molecule has 4 rings (SSSR count). The van der Waals surface area contributed by atoms with Crippen molar-refractivity contribution in [3.63, 3.8) is 0 Å². The van der Waals surface area contributed by atoms with Crippen molar-refractivity contribution in [1.82, 2.24) is 4.98 Å². The first-order valence-corrected chi connectivity index (χ1v) is 10.5. The summed E-state index contributed by atoms with van der Waals surface area (Å²) < 4.78 is 11.6. The van der Waals surface area contributed by atoms with Gasteiger partial charge in [0, 0.05) is 17.8 Å². The van der Waals surface area contributed by atoms with Gasteiger partial charge in [0.25, 0.3) is 0 Å². The van der Waals surface area contributed by atoms with Crippen LogP contribution in [0.25, 0.3) is 0 Å². The van der Waals surface area contributed by atoms with Crippen molar-refractivity contribution < 1.29 is 14.6 Å². The van der Waals surface area contributed by atoms with Gasteiger partial charge in [-0.25, -0.2) is 0 Å². The molecule has 1 unspecified atom stereocenters. The number of rotatable bonds is 8. The van der Waals surface area contributed by atoms with Crippen LogP contribution < -0.4 is 20.1 Å². The van der Waals surface area contributed by atoms with E-state index < -0.39 is 0 Å². The number of unbranched alkanes of at least 4 members (excludes halogenated alkanes) is 3. The van der Waals surface area contributed by atoms with E-state index in [9.17, 15) is 5.11 Å². The van der Waals surface area contributed by atoms with Crippen molar-refractivity contribution in [2.75, 3.05) is 24.4 Å². The second-order valence-corrected chi connectivity index (χ2v) is 7.53. The number of ether oxygens (including phenoxy) is 2. The summed E-state index contributed by atoms with van der Waals surface area (Å²) >= 11 is 0. The van der Waals surface area contributed by atoms with Crippen LogP contribution in [0.2, 0.25) is 0 Å². The highest BCUT2D eigenvalue weighted by atomic mass is 16.5. The maximum absolute atomic E-state index is 10.5. The standard InChI is InChI=1S/C24H29N3O3/c1-3-4-5-8-13-30-16-11-12-17(21(14-16)29-2)23-22-20(15-25-24(22)28)26-18-9-6-7-10-19(18)27-23/h6-7,9-12,14-15,23,25-28H,3-5,8,13H2,1-2H3. The first-order valence-electron chi connectivity index (χ1n) is 10.5. The van der Waals surface area contributed by atoms with Crippen LogP contribution >= 0.6 is 0 Å². The van der Waals surface area contributed by atoms with Gasteiger partial charge in [0.1, 0.15) is 11.5 Å². The molecular formula is C24H29N3O3. The van der Waals surface area contributed by atoms with Gasteiger partial charge in [0.15, 0.2) is 5.88 Å². The Morgan fingerprint density at radius 2 is 1.83 bits per heavy atom. The molecule has 1 aliphatic rings. The maximum atomic E-state index is 10.5. The fourth-order valence-corrected chi connectivity index (χ4v) is 3.88. The van der Waals surface area contributed by atoms with Gasteiger partial charge in [-0.15, -0.1) is 0 Å². The van der Waals surface area contributed by atoms with Crippen molar-refractivity contribution in [3.8, 4) is 17.4 Å². The van der Waals surface area contributed by atoms with Gasteiger partial charge >= 0.3 is 0 Å². The summed E-state index contributed by atoms with van der Waals surface area (Å²) in [6.45, 7) is 2.90. The number of aromatic nitrogens is 1. The zero-order valence-corrected chi connectivity index (χ0v) is 17.5. The summed E-state index contributed by atoms with van der Waals surface area (Å²) in [6.07, 6.45) is 6.45. The molecular weight excluding hydrogens is 378 g/mol. The molecule has 2 aromatic carbocycles. The summed E-state index contributed by atoms with van der Waals surface area (Å²) in [6, 6.07) is 13.6. The van der Waals surface area contributed by atoms with Crippen LogP contribution in [0.5, 0.6) is 17.4 Å². The highest BCUT2D eigenvalue weighted by Crippen LogP contribution is 2.46. The minimum absolute atomic E-state index is 0.126. The average molecular weight is 408 g/mol. The highest BCUT2D eigenvalue weighted by molar-refractivity contribution is 5.81. The molecule has 30 heavy (non-hydrogen) atoms. The number of hydrogen-bond acceptors (Lipinski definition) is 5. The maximum Gasteiger partial charge on any atom is 0.196 e. The minimum Gasteiger partial charge on any atom is -0.496 e. The Labute approximate surface area is 177 Å². The molecule has 0 radical (unpaired) electrons. The second kappa shape index (κ2) is 9.03. The van der Waals surface area contributed by atoms with E-state index in [1.54, 1.807) is 13.3 Å². The van der Waals surface area contributed by atoms with Gasteiger partial charge in [-0.3, -0.25) is 0 Å². The molecule has 1 atom stereocenters. The molecule has 1 aliphatic heterocycles. The van der Waals surface area contributed by atoms with Crippen LogP contribution in [-0.4, -0.2) is 23.8 Å². The molecule has 0 saturated heterocycles. The van der Waals surface area contributed by atoms with E-state index in [1.165, 1.54) is 19.3 Å². The highest BCUT2D eigenvalue weighted by Gasteiger charge is 2.29. The molecule has 3 aromatic rings. The molecule has 4 N–H and O–H groups in total. The van der Waals surface area contributed by atoms with Crippen molar-refractivity contribution in [3.05, 3.63) is 59.8 Å². The van der Waals surface area contributed by atoms with Crippen molar-refractivity contribution >= 4 is 17.1 Å². The molecule has 0 fully saturated rings. The van der Waals surface area contributed by atoms with Crippen LogP contribution in [-0.2, 0) is 0 Å². The van der Waals surface area contributed by atoms with E-state index in [4.69, 9.17) is 9.47 Å². The Morgan fingerprint density at radius 3 is 2.63 bits per heavy atom. The number of benzene rings is 2. The Bertz CT molecular complexity index is 999. The first kappa shape index (κ1) is 20.0. The zero-order valence-electron chi connectivity index (χ0n) is 17.5. The number of para-hydroxylation sites is 2. The van der Waals surface area contributed by atoms with Gasteiger partial charge in [-0.05, 0) is 30.7 Å². The molecule has 0 amide bonds. The van der Waals surface area contributed by atoms with Crippen LogP contribution in [0.1, 0.15) is 49.8 Å². The molecule has 1 aromatic heterocycles. The second-order valence-electron chi connectivity index (χ2n) is 7.53. The summed E-state index contributed by atoms with van der Waals surface area (Å²) in [7, 11) is 1.66. The first-order chi connectivity index (χ1) is 14.7. The zero-order chi connectivity index (χ0) is 20.9. The van der Waals surface area contributed by atoms with Crippen LogP contribution in [0, 0.1) is 0 Å². The van der Waals surface area contributed by atoms with E-state index in [0.717, 1.165) is 40.4 Å². The molecule has 0 aliphatic carbocycles. The van der Waals surface area contributed by atoms with E-state index in [2.05, 4.69) is 22.5 Å². The monoisotopic (exact) mass is 407 g/mol. The lowest BCUT2D eigenvalue weighted by molar-refractivity contribution is 0.302. The molecule has 0 spiro atoms. The van der Waals surface area contributed by atoms with Crippen LogP contribution in [0.4, 0.5) is 17.1 Å². The lowest BCUT2D eigenvalue weighted by Gasteiger charge is -2.22. The molecule has 158 valence electrons. The molecule has 0 bridgehead atoms. The minimum atomic E-state index is -0.295. The smallest absolute Gasteiger partial charge is 0.196 e.